The van der Waals surface area contributed by atoms with Crippen LogP contribution in [0, 0.1) is 0 Å². The van der Waals surface area contributed by atoms with Crippen molar-refractivity contribution < 1.29 is 22.7 Å². The van der Waals surface area contributed by atoms with Crippen LogP contribution in [0.3, 0.4) is 0 Å². The van der Waals surface area contributed by atoms with Crippen molar-refractivity contribution in [3.63, 3.8) is 0 Å². The lowest BCUT2D eigenvalue weighted by molar-refractivity contribution is -0.131. The number of hydrogen-bond donors (Lipinski definition) is 0. The molecule has 0 unspecified atom stereocenters. The maximum atomic E-state index is 12.6. The van der Waals surface area contributed by atoms with Gasteiger partial charge in [-0.1, -0.05) is 0 Å². The molecule has 0 aromatic heterocycles. The molecule has 8 nitrogen and oxygen atoms in total. The van der Waals surface area contributed by atoms with Crippen molar-refractivity contribution in [2.24, 2.45) is 0 Å². The maximum absolute atomic E-state index is 12.6. The van der Waals surface area contributed by atoms with Crippen molar-refractivity contribution in [1.29, 1.82) is 0 Å². The van der Waals surface area contributed by atoms with Crippen LogP contribution in [0.2, 0.25) is 0 Å². The summed E-state index contributed by atoms with van der Waals surface area (Å²) in [6.07, 6.45) is 0.102. The molecule has 1 aliphatic heterocycles. The number of hydrogen-bond acceptors (Lipinski definition) is 5. The van der Waals surface area contributed by atoms with Gasteiger partial charge in [-0.05, 0) is 25.1 Å². The second-order valence-electron chi connectivity index (χ2n) is 6.33. The third-order valence-electron chi connectivity index (χ3n) is 4.41. The minimum Gasteiger partial charge on any atom is -0.496 e. The van der Waals surface area contributed by atoms with Crippen LogP contribution in [-0.4, -0.2) is 81.0 Å². The largest absolute Gasteiger partial charge is 0.496 e. The number of rotatable bonds is 6. The van der Waals surface area contributed by atoms with Crippen LogP contribution in [0.4, 0.5) is 0 Å². The fourth-order valence-electron chi connectivity index (χ4n) is 2.81. The van der Waals surface area contributed by atoms with Gasteiger partial charge in [0.2, 0.25) is 5.91 Å². The van der Waals surface area contributed by atoms with Crippen LogP contribution in [0.1, 0.15) is 22.8 Å². The molecule has 0 N–H and O–H groups in total. The summed E-state index contributed by atoms with van der Waals surface area (Å²) in [4.78, 5) is 25.8. The number of benzene rings is 1. The van der Waals surface area contributed by atoms with Crippen molar-refractivity contribution in [2.75, 3.05) is 47.4 Å². The van der Waals surface area contributed by atoms with Gasteiger partial charge in [-0.2, -0.15) is 17.0 Å². The zero-order valence-electron chi connectivity index (χ0n) is 15.6. The average Bonchev–Trinajstić information content (AvgIpc) is 2.61. The second-order valence-corrected chi connectivity index (χ2v) is 8.47. The summed E-state index contributed by atoms with van der Waals surface area (Å²) < 4.78 is 32.1. The molecule has 0 atom stereocenters. The fraction of sp³-hybridized carbons (Fsp3) is 0.529. The summed E-state index contributed by atoms with van der Waals surface area (Å²) in [7, 11) is 1.03. The van der Waals surface area contributed by atoms with Gasteiger partial charge in [0.25, 0.3) is 10.2 Å². The molecule has 26 heavy (non-hydrogen) atoms. The van der Waals surface area contributed by atoms with E-state index in [2.05, 4.69) is 0 Å². The molecule has 1 fully saturated rings. The molecule has 1 saturated heterocycles. The predicted molar refractivity (Wildman–Crippen MR) is 97.5 cm³/mol. The molecule has 9 heteroatoms. The van der Waals surface area contributed by atoms with Crippen LogP contribution >= 0.6 is 0 Å². The smallest absolute Gasteiger partial charge is 0.281 e. The number of nitrogens with zero attached hydrogens (tertiary/aromatic N) is 3. The Kier molecular flexibility index (Phi) is 6.38. The fourth-order valence-corrected chi connectivity index (χ4v) is 3.90. The average molecular weight is 383 g/mol. The molecule has 0 spiro atoms. The van der Waals surface area contributed by atoms with Crippen molar-refractivity contribution in [3.8, 4) is 5.75 Å². The molecule has 0 bridgehead atoms. The molecule has 144 valence electrons. The first kappa shape index (κ1) is 20.3. The summed E-state index contributed by atoms with van der Waals surface area (Å²) in [6.45, 7) is 2.66. The minimum absolute atomic E-state index is 0.0798. The molecule has 1 aliphatic rings. The Bertz CT molecular complexity index is 784. The van der Waals surface area contributed by atoms with E-state index in [9.17, 15) is 18.0 Å². The lowest BCUT2D eigenvalue weighted by Gasteiger charge is -2.35. The zero-order chi connectivity index (χ0) is 19.5. The van der Waals surface area contributed by atoms with Crippen LogP contribution in [0.15, 0.2) is 18.2 Å². The van der Waals surface area contributed by atoms with Gasteiger partial charge < -0.3 is 9.64 Å². The molecule has 0 radical (unpaired) electrons. The summed E-state index contributed by atoms with van der Waals surface area (Å²) >= 11 is 0. The maximum Gasteiger partial charge on any atom is 0.281 e. The molecular weight excluding hydrogens is 358 g/mol. The van der Waals surface area contributed by atoms with E-state index in [0.717, 1.165) is 0 Å². The Morgan fingerprint density at radius 1 is 1.15 bits per heavy atom. The summed E-state index contributed by atoms with van der Waals surface area (Å²) in [5.74, 6) is 0.354. The van der Waals surface area contributed by atoms with E-state index in [4.69, 9.17) is 4.74 Å². The van der Waals surface area contributed by atoms with Crippen molar-refractivity contribution in [3.05, 3.63) is 29.3 Å². The van der Waals surface area contributed by atoms with E-state index in [0.29, 0.717) is 30.0 Å². The number of carbonyl (C=O) groups is 2. The molecule has 2 rings (SSSR count). The second kappa shape index (κ2) is 8.15. The lowest BCUT2D eigenvalue weighted by atomic mass is 10.0. The topological polar surface area (TPSA) is 87.2 Å². The Morgan fingerprint density at radius 2 is 1.77 bits per heavy atom. The van der Waals surface area contributed by atoms with Gasteiger partial charge >= 0.3 is 0 Å². The highest BCUT2D eigenvalue weighted by atomic mass is 32.2. The highest BCUT2D eigenvalue weighted by molar-refractivity contribution is 7.86. The molecule has 1 aromatic carbocycles. The minimum atomic E-state index is -3.46. The molecule has 1 heterocycles. The quantitative estimate of drug-likeness (QED) is 0.663. The van der Waals surface area contributed by atoms with Crippen LogP contribution < -0.4 is 4.74 Å². The van der Waals surface area contributed by atoms with Gasteiger partial charge in [-0.3, -0.25) is 9.59 Å². The SMILES string of the molecule is COc1ccc(C(C)=O)cc1CC(=O)N1CCN(S(=O)(=O)N(C)C)CC1. The molecule has 1 aromatic rings. The van der Waals surface area contributed by atoms with Gasteiger partial charge in [-0.25, -0.2) is 0 Å². The number of piperazine rings is 1. The normalized spacial score (nSPS) is 16.0. The van der Waals surface area contributed by atoms with E-state index >= 15 is 0 Å². The first-order chi connectivity index (χ1) is 12.2. The van der Waals surface area contributed by atoms with E-state index in [-0.39, 0.29) is 31.2 Å². The molecule has 0 aliphatic carbocycles. The van der Waals surface area contributed by atoms with Gasteiger partial charge in [0.05, 0.1) is 13.5 Å². The van der Waals surface area contributed by atoms with E-state index in [1.165, 1.54) is 36.7 Å². The van der Waals surface area contributed by atoms with Crippen molar-refractivity contribution >= 4 is 21.9 Å². The number of amides is 1. The predicted octanol–water partition coefficient (Wildman–Crippen LogP) is 0.391. The lowest BCUT2D eigenvalue weighted by Crippen LogP contribution is -2.53. The number of ether oxygens (including phenoxy) is 1. The Hall–Kier alpha value is -1.97. The molecule has 1 amide bonds. The van der Waals surface area contributed by atoms with E-state index in [1.54, 1.807) is 23.1 Å². The van der Waals surface area contributed by atoms with Gasteiger partial charge in [0.1, 0.15) is 5.75 Å². The summed E-state index contributed by atoms with van der Waals surface area (Å²) in [5.41, 5.74) is 1.17. The number of Topliss-reactive ketones (excluding diaryl/α,β-unsaturated/α-hetero) is 1. The Morgan fingerprint density at radius 3 is 2.27 bits per heavy atom. The Labute approximate surface area is 154 Å². The zero-order valence-corrected chi connectivity index (χ0v) is 16.4. The first-order valence-electron chi connectivity index (χ1n) is 8.30. The van der Waals surface area contributed by atoms with Gasteiger partial charge in [0, 0.05) is 51.4 Å². The van der Waals surface area contributed by atoms with Gasteiger partial charge in [0.15, 0.2) is 5.78 Å². The summed E-state index contributed by atoms with van der Waals surface area (Å²) in [5, 5.41) is 0. The highest BCUT2D eigenvalue weighted by Crippen LogP contribution is 2.22. The monoisotopic (exact) mass is 383 g/mol. The van der Waals surface area contributed by atoms with E-state index in [1.807, 2.05) is 0 Å². The third kappa shape index (κ3) is 4.40. The Balaban J connectivity index is 2.06. The molecular formula is C17H25N3O5S. The first-order valence-corrected chi connectivity index (χ1v) is 9.69. The van der Waals surface area contributed by atoms with Crippen LogP contribution in [0.25, 0.3) is 0 Å². The van der Waals surface area contributed by atoms with Crippen molar-refractivity contribution in [1.82, 2.24) is 13.5 Å². The van der Waals surface area contributed by atoms with Gasteiger partial charge in [-0.15, -0.1) is 0 Å². The summed E-state index contributed by atoms with van der Waals surface area (Å²) in [6, 6.07) is 5.02. The molecule has 0 saturated carbocycles. The number of methoxy groups -OCH3 is 1. The number of ketones is 1. The van der Waals surface area contributed by atoms with E-state index < -0.39 is 10.2 Å². The standard InChI is InChI=1S/C17H25N3O5S/c1-13(21)14-5-6-16(25-4)15(11-14)12-17(22)19-7-9-20(10-8-19)26(23,24)18(2)3/h5-6,11H,7-10,12H2,1-4H3. The highest BCUT2D eigenvalue weighted by Gasteiger charge is 2.30. The van der Waals surface area contributed by atoms with Crippen LogP contribution in [-0.2, 0) is 21.4 Å². The third-order valence-corrected chi connectivity index (χ3v) is 6.35. The van der Waals surface area contributed by atoms with Crippen molar-refractivity contribution in [2.45, 2.75) is 13.3 Å². The van der Waals surface area contributed by atoms with Crippen LogP contribution in [0.5, 0.6) is 5.75 Å². The number of carbonyl (C=O) groups excluding carboxylic acids is 2.